The van der Waals surface area contributed by atoms with Crippen LogP contribution in [0.1, 0.15) is 19.3 Å². The molecule has 0 bridgehead atoms. The predicted molar refractivity (Wildman–Crippen MR) is 61.1 cm³/mol. The van der Waals surface area contributed by atoms with Crippen molar-refractivity contribution in [2.45, 2.75) is 31.3 Å². The quantitative estimate of drug-likeness (QED) is 0.664. The van der Waals surface area contributed by atoms with Gasteiger partial charge in [-0.3, -0.25) is 0 Å². The first kappa shape index (κ1) is 12.9. The third-order valence-electron chi connectivity index (χ3n) is 2.82. The standard InChI is InChI=1S/C9H21N3O2S/c1-12(2)15(13,14)6-5-11-9-4-3-8(10)7-9/h8-9,11H,3-7,10H2,1-2H3. The molecule has 2 atom stereocenters. The Labute approximate surface area is 92.1 Å². The van der Waals surface area contributed by atoms with Gasteiger partial charge in [-0.25, -0.2) is 12.7 Å². The maximum atomic E-state index is 11.4. The number of rotatable bonds is 5. The molecule has 2 unspecified atom stereocenters. The van der Waals surface area contributed by atoms with Gasteiger partial charge in [0.05, 0.1) is 5.75 Å². The van der Waals surface area contributed by atoms with E-state index in [9.17, 15) is 8.42 Å². The largest absolute Gasteiger partial charge is 0.328 e. The molecule has 1 rings (SSSR count). The lowest BCUT2D eigenvalue weighted by molar-refractivity contribution is 0.502. The summed E-state index contributed by atoms with van der Waals surface area (Å²) in [4.78, 5) is 0. The van der Waals surface area contributed by atoms with Crippen molar-refractivity contribution in [3.8, 4) is 0 Å². The molecule has 6 heteroatoms. The highest BCUT2D eigenvalue weighted by Crippen LogP contribution is 2.16. The Hall–Kier alpha value is -0.170. The Morgan fingerprint density at radius 3 is 2.53 bits per heavy atom. The summed E-state index contributed by atoms with van der Waals surface area (Å²) in [7, 11) is 0.0489. The fourth-order valence-electron chi connectivity index (χ4n) is 1.78. The topological polar surface area (TPSA) is 75.4 Å². The van der Waals surface area contributed by atoms with Crippen molar-refractivity contribution in [1.29, 1.82) is 0 Å². The van der Waals surface area contributed by atoms with Gasteiger partial charge in [-0.1, -0.05) is 0 Å². The SMILES string of the molecule is CN(C)S(=O)(=O)CCNC1CCC(N)C1. The first-order valence-electron chi connectivity index (χ1n) is 5.31. The minimum atomic E-state index is -3.06. The van der Waals surface area contributed by atoms with E-state index in [1.165, 1.54) is 4.31 Å². The molecule has 0 radical (unpaired) electrons. The predicted octanol–water partition coefficient (Wildman–Crippen LogP) is -0.653. The van der Waals surface area contributed by atoms with Crippen molar-refractivity contribution in [2.24, 2.45) is 5.73 Å². The molecule has 0 aromatic heterocycles. The fraction of sp³-hybridized carbons (Fsp3) is 1.00. The average Bonchev–Trinajstić information content (AvgIpc) is 2.51. The second kappa shape index (κ2) is 5.25. The zero-order valence-electron chi connectivity index (χ0n) is 9.44. The third-order valence-corrected chi connectivity index (χ3v) is 4.66. The molecule has 1 aliphatic rings. The van der Waals surface area contributed by atoms with E-state index in [1.54, 1.807) is 14.1 Å². The van der Waals surface area contributed by atoms with Gasteiger partial charge in [-0.2, -0.15) is 0 Å². The van der Waals surface area contributed by atoms with Crippen molar-refractivity contribution in [1.82, 2.24) is 9.62 Å². The lowest BCUT2D eigenvalue weighted by atomic mass is 10.2. The number of nitrogens with two attached hydrogens (primary N) is 1. The van der Waals surface area contributed by atoms with E-state index in [4.69, 9.17) is 5.73 Å². The summed E-state index contributed by atoms with van der Waals surface area (Å²) in [5.41, 5.74) is 5.76. The highest BCUT2D eigenvalue weighted by Gasteiger charge is 2.21. The van der Waals surface area contributed by atoms with Crippen LogP contribution in [0, 0.1) is 0 Å². The van der Waals surface area contributed by atoms with E-state index in [-0.39, 0.29) is 11.8 Å². The molecule has 0 spiro atoms. The molecule has 0 aromatic rings. The monoisotopic (exact) mass is 235 g/mol. The molecule has 1 saturated carbocycles. The first-order chi connectivity index (χ1) is 6.92. The highest BCUT2D eigenvalue weighted by atomic mass is 32.2. The van der Waals surface area contributed by atoms with Crippen molar-refractivity contribution in [3.63, 3.8) is 0 Å². The summed E-state index contributed by atoms with van der Waals surface area (Å²) in [6.07, 6.45) is 3.06. The molecule has 5 nitrogen and oxygen atoms in total. The van der Waals surface area contributed by atoms with Gasteiger partial charge in [0.2, 0.25) is 10.0 Å². The molecule has 0 aliphatic heterocycles. The Morgan fingerprint density at radius 2 is 2.07 bits per heavy atom. The molecule has 3 N–H and O–H groups in total. The summed E-state index contributed by atoms with van der Waals surface area (Å²) in [6.45, 7) is 0.512. The van der Waals surface area contributed by atoms with Crippen LogP contribution in [0.5, 0.6) is 0 Å². The first-order valence-corrected chi connectivity index (χ1v) is 6.92. The highest BCUT2D eigenvalue weighted by molar-refractivity contribution is 7.89. The third kappa shape index (κ3) is 4.06. The van der Waals surface area contributed by atoms with Crippen molar-refractivity contribution in [3.05, 3.63) is 0 Å². The van der Waals surface area contributed by atoms with Gasteiger partial charge in [-0.05, 0) is 19.3 Å². The van der Waals surface area contributed by atoms with Gasteiger partial charge in [0, 0.05) is 32.7 Å². The molecule has 90 valence electrons. The van der Waals surface area contributed by atoms with E-state index in [1.807, 2.05) is 0 Å². The van der Waals surface area contributed by atoms with Crippen LogP contribution in [0.2, 0.25) is 0 Å². The zero-order chi connectivity index (χ0) is 11.5. The van der Waals surface area contributed by atoms with Crippen LogP contribution in [0.15, 0.2) is 0 Å². The number of hydrogen-bond acceptors (Lipinski definition) is 4. The molecular formula is C9H21N3O2S. The number of sulfonamides is 1. The van der Waals surface area contributed by atoms with Gasteiger partial charge in [-0.15, -0.1) is 0 Å². The molecule has 1 aliphatic carbocycles. The van der Waals surface area contributed by atoms with E-state index >= 15 is 0 Å². The average molecular weight is 235 g/mol. The van der Waals surface area contributed by atoms with E-state index in [0.29, 0.717) is 12.6 Å². The smallest absolute Gasteiger partial charge is 0.214 e. The van der Waals surface area contributed by atoms with E-state index in [2.05, 4.69) is 5.32 Å². The summed E-state index contributed by atoms with van der Waals surface area (Å²) in [6, 6.07) is 0.685. The lowest BCUT2D eigenvalue weighted by Crippen LogP contribution is -2.35. The van der Waals surface area contributed by atoms with Gasteiger partial charge < -0.3 is 11.1 Å². The molecule has 15 heavy (non-hydrogen) atoms. The molecule has 0 saturated heterocycles. The Balaban J connectivity index is 2.22. The van der Waals surface area contributed by atoms with Crippen LogP contribution >= 0.6 is 0 Å². The normalized spacial score (nSPS) is 27.5. The second-order valence-corrected chi connectivity index (χ2v) is 6.62. The number of hydrogen-bond donors (Lipinski definition) is 2. The van der Waals surface area contributed by atoms with Crippen LogP contribution < -0.4 is 11.1 Å². The zero-order valence-corrected chi connectivity index (χ0v) is 10.3. The maximum Gasteiger partial charge on any atom is 0.214 e. The van der Waals surface area contributed by atoms with Crippen LogP contribution in [0.3, 0.4) is 0 Å². The summed E-state index contributed by atoms with van der Waals surface area (Å²) in [5, 5.41) is 3.24. The van der Waals surface area contributed by atoms with Crippen molar-refractivity contribution >= 4 is 10.0 Å². The summed E-state index contributed by atoms with van der Waals surface area (Å²) in [5.74, 6) is 0.158. The van der Waals surface area contributed by atoms with Crippen molar-refractivity contribution < 1.29 is 8.42 Å². The van der Waals surface area contributed by atoms with Crippen LogP contribution in [0.4, 0.5) is 0 Å². The minimum Gasteiger partial charge on any atom is -0.328 e. The Bertz CT molecular complexity index is 290. The van der Waals surface area contributed by atoms with E-state index < -0.39 is 10.0 Å². The summed E-state index contributed by atoms with van der Waals surface area (Å²) < 4.78 is 24.1. The molecule has 0 amide bonds. The van der Waals surface area contributed by atoms with Gasteiger partial charge >= 0.3 is 0 Å². The number of nitrogens with zero attached hydrogens (tertiary/aromatic N) is 1. The second-order valence-electron chi connectivity index (χ2n) is 4.32. The Kier molecular flexibility index (Phi) is 4.51. The molecule has 0 aromatic carbocycles. The van der Waals surface area contributed by atoms with Crippen LogP contribution in [0.25, 0.3) is 0 Å². The fourth-order valence-corrected chi connectivity index (χ4v) is 2.52. The molecule has 1 fully saturated rings. The van der Waals surface area contributed by atoms with Crippen LogP contribution in [-0.4, -0.2) is 51.2 Å². The van der Waals surface area contributed by atoms with Crippen LogP contribution in [-0.2, 0) is 10.0 Å². The molecule has 0 heterocycles. The van der Waals surface area contributed by atoms with Gasteiger partial charge in [0.15, 0.2) is 0 Å². The van der Waals surface area contributed by atoms with Crippen molar-refractivity contribution in [2.75, 3.05) is 26.4 Å². The molecular weight excluding hydrogens is 214 g/mol. The minimum absolute atomic E-state index is 0.158. The summed E-state index contributed by atoms with van der Waals surface area (Å²) >= 11 is 0. The van der Waals surface area contributed by atoms with Gasteiger partial charge in [0.25, 0.3) is 0 Å². The van der Waals surface area contributed by atoms with Gasteiger partial charge in [0.1, 0.15) is 0 Å². The number of nitrogens with one attached hydrogen (secondary N) is 1. The maximum absolute atomic E-state index is 11.4. The Morgan fingerprint density at radius 1 is 1.40 bits per heavy atom. The van der Waals surface area contributed by atoms with E-state index in [0.717, 1.165) is 19.3 Å². The lowest BCUT2D eigenvalue weighted by Gasteiger charge is -2.14.